The van der Waals surface area contributed by atoms with Crippen molar-refractivity contribution in [1.82, 2.24) is 4.90 Å². The molecule has 11 heavy (non-hydrogen) atoms. The average Bonchev–Trinajstić information content (AvgIpc) is 2.07. The zero-order chi connectivity index (χ0) is 9.28. The highest BCUT2D eigenvalue weighted by molar-refractivity contribution is 4.52. The molecule has 0 radical (unpaired) electrons. The van der Waals surface area contributed by atoms with Crippen molar-refractivity contribution < 1.29 is 9.13 Å². The first-order chi connectivity index (χ1) is 5.20. The van der Waals surface area contributed by atoms with Crippen molar-refractivity contribution in [3.63, 3.8) is 0 Å². The Bertz CT molecular complexity index is 63.1. The Morgan fingerprint density at radius 3 is 2.18 bits per heavy atom. The van der Waals surface area contributed by atoms with Crippen LogP contribution >= 0.6 is 0 Å². The molecule has 0 aliphatic rings. The summed E-state index contributed by atoms with van der Waals surface area (Å²) in [5.74, 6) is 0. The molecule has 1 unspecified atom stereocenters. The van der Waals surface area contributed by atoms with Crippen LogP contribution in [0.4, 0.5) is 4.39 Å². The first-order valence-corrected chi connectivity index (χ1v) is 3.98. The van der Waals surface area contributed by atoms with Crippen molar-refractivity contribution >= 4 is 0 Å². The molecule has 0 rings (SSSR count). The molecule has 0 N–H and O–H groups in total. The summed E-state index contributed by atoms with van der Waals surface area (Å²) in [7, 11) is 3.34. The smallest absolute Gasteiger partial charge is 0.142 e. The lowest BCUT2D eigenvalue weighted by molar-refractivity contribution is 0.0719. The third-order valence-corrected chi connectivity index (χ3v) is 1.18. The van der Waals surface area contributed by atoms with Crippen LogP contribution in [-0.4, -0.2) is 38.5 Å². The van der Waals surface area contributed by atoms with Gasteiger partial charge in [-0.05, 0) is 14.0 Å². The van der Waals surface area contributed by atoms with E-state index in [4.69, 9.17) is 4.74 Å². The molecule has 0 fully saturated rings. The van der Waals surface area contributed by atoms with Crippen molar-refractivity contribution in [3.8, 4) is 0 Å². The predicted octanol–water partition coefficient (Wildman–Crippen LogP) is 1.91. The molecule has 0 saturated heterocycles. The topological polar surface area (TPSA) is 12.5 Å². The van der Waals surface area contributed by atoms with Gasteiger partial charge in [0.2, 0.25) is 0 Å². The summed E-state index contributed by atoms with van der Waals surface area (Å²) in [6.45, 7) is 6.15. The number of likely N-dealkylation sites (N-methyl/N-ethyl adjacent to an activating group) is 1. The van der Waals surface area contributed by atoms with Gasteiger partial charge in [0.15, 0.2) is 0 Å². The molecule has 0 aromatic rings. The van der Waals surface area contributed by atoms with Gasteiger partial charge >= 0.3 is 0 Å². The summed E-state index contributed by atoms with van der Waals surface area (Å²) >= 11 is 0. The van der Waals surface area contributed by atoms with E-state index in [2.05, 4.69) is 0 Å². The predicted molar refractivity (Wildman–Crippen MR) is 46.4 cm³/mol. The van der Waals surface area contributed by atoms with E-state index < -0.39 is 6.80 Å². The van der Waals surface area contributed by atoms with E-state index in [1.165, 1.54) is 0 Å². The van der Waals surface area contributed by atoms with Gasteiger partial charge in [-0.3, -0.25) is 4.90 Å². The molecule has 0 heterocycles. The van der Waals surface area contributed by atoms with Crippen LogP contribution in [-0.2, 0) is 4.74 Å². The number of ether oxygens (including phenoxy) is 1. The number of hydrogen-bond acceptors (Lipinski definition) is 2. The monoisotopic (exact) mass is 165 g/mol. The maximum atomic E-state index is 11.8. The van der Waals surface area contributed by atoms with Crippen molar-refractivity contribution in [1.29, 1.82) is 0 Å². The van der Waals surface area contributed by atoms with Gasteiger partial charge in [-0.15, -0.1) is 0 Å². The Kier molecular flexibility index (Phi) is 12.0. The van der Waals surface area contributed by atoms with Crippen LogP contribution in [0, 0.1) is 0 Å². The van der Waals surface area contributed by atoms with Crippen LogP contribution < -0.4 is 0 Å². The lowest BCUT2D eigenvalue weighted by Gasteiger charge is -2.15. The lowest BCUT2D eigenvalue weighted by atomic mass is 10.4. The van der Waals surface area contributed by atoms with Gasteiger partial charge < -0.3 is 4.74 Å². The molecule has 0 bridgehead atoms. The normalized spacial score (nSPS) is 12.3. The molecule has 0 spiro atoms. The Balaban J connectivity index is 0. The molecule has 0 aliphatic carbocycles. The second-order valence-electron chi connectivity index (χ2n) is 2.20. The summed E-state index contributed by atoms with van der Waals surface area (Å²) in [6.07, 6.45) is 0.116. The average molecular weight is 165 g/mol. The summed E-state index contributed by atoms with van der Waals surface area (Å²) in [6, 6.07) is 0. The maximum absolute atomic E-state index is 11.8. The maximum Gasteiger partial charge on any atom is 0.142 e. The molecule has 0 aromatic carbocycles. The summed E-state index contributed by atoms with van der Waals surface area (Å²) in [5, 5.41) is 0. The highest BCUT2D eigenvalue weighted by Gasteiger charge is 2.02. The van der Waals surface area contributed by atoms with Gasteiger partial charge in [-0.2, -0.15) is 0 Å². The minimum Gasteiger partial charge on any atom is -0.380 e. The van der Waals surface area contributed by atoms with E-state index in [9.17, 15) is 4.39 Å². The zero-order valence-corrected chi connectivity index (χ0v) is 8.22. The Morgan fingerprint density at radius 1 is 1.45 bits per heavy atom. The highest BCUT2D eigenvalue weighted by Crippen LogP contribution is 1.91. The van der Waals surface area contributed by atoms with Crippen molar-refractivity contribution in [2.24, 2.45) is 0 Å². The zero-order valence-electron chi connectivity index (χ0n) is 8.22. The fraction of sp³-hybridized carbons (Fsp3) is 1.00. The van der Waals surface area contributed by atoms with Crippen LogP contribution in [0.2, 0.25) is 0 Å². The fourth-order valence-corrected chi connectivity index (χ4v) is 0.562. The van der Waals surface area contributed by atoms with Gasteiger partial charge in [-0.1, -0.05) is 13.8 Å². The van der Waals surface area contributed by atoms with Crippen LogP contribution in [0.3, 0.4) is 0 Å². The van der Waals surface area contributed by atoms with Crippen LogP contribution in [0.25, 0.3) is 0 Å². The van der Waals surface area contributed by atoms with E-state index in [-0.39, 0.29) is 6.10 Å². The number of alkyl halides is 1. The van der Waals surface area contributed by atoms with Crippen LogP contribution in [0.15, 0.2) is 0 Å². The first-order valence-electron chi connectivity index (χ1n) is 3.98. The molecular formula is C8H20FNO. The first kappa shape index (κ1) is 13.4. The van der Waals surface area contributed by atoms with Crippen molar-refractivity contribution in [2.75, 3.05) is 27.5 Å². The summed E-state index contributed by atoms with van der Waals surface area (Å²) in [5.41, 5.74) is 0. The molecule has 3 heteroatoms. The van der Waals surface area contributed by atoms with Crippen LogP contribution in [0.1, 0.15) is 20.8 Å². The third kappa shape index (κ3) is 9.85. The number of rotatable bonds is 4. The molecular weight excluding hydrogens is 145 g/mol. The number of halogens is 1. The Labute approximate surface area is 69.3 Å². The number of methoxy groups -OCH3 is 1. The molecule has 1 atom stereocenters. The van der Waals surface area contributed by atoms with Gasteiger partial charge in [0.1, 0.15) is 6.80 Å². The second-order valence-corrected chi connectivity index (χ2v) is 2.20. The lowest BCUT2D eigenvalue weighted by Crippen LogP contribution is -2.27. The summed E-state index contributed by atoms with van der Waals surface area (Å²) in [4.78, 5) is 1.56. The van der Waals surface area contributed by atoms with Gasteiger partial charge in [0.25, 0.3) is 0 Å². The van der Waals surface area contributed by atoms with E-state index in [1.807, 2.05) is 20.8 Å². The number of hydrogen-bond donors (Lipinski definition) is 0. The van der Waals surface area contributed by atoms with Gasteiger partial charge in [0.05, 0.1) is 6.10 Å². The molecule has 70 valence electrons. The number of nitrogens with zero attached hydrogens (tertiary/aromatic N) is 1. The largest absolute Gasteiger partial charge is 0.380 e. The van der Waals surface area contributed by atoms with E-state index in [0.29, 0.717) is 6.54 Å². The SMILES string of the molecule is CC.COC(C)CN(C)CF. The molecule has 0 aliphatic heterocycles. The minimum absolute atomic E-state index is 0.116. The second kappa shape index (κ2) is 9.85. The molecule has 0 amide bonds. The molecule has 0 saturated carbocycles. The highest BCUT2D eigenvalue weighted by atomic mass is 19.1. The fourth-order valence-electron chi connectivity index (χ4n) is 0.562. The van der Waals surface area contributed by atoms with Crippen molar-refractivity contribution in [2.45, 2.75) is 26.9 Å². The van der Waals surface area contributed by atoms with E-state index in [0.717, 1.165) is 0 Å². The Hall–Kier alpha value is -0.150. The quantitative estimate of drug-likeness (QED) is 0.590. The van der Waals surface area contributed by atoms with Gasteiger partial charge in [-0.25, -0.2) is 4.39 Å². The summed E-state index contributed by atoms with van der Waals surface area (Å²) < 4.78 is 16.7. The van der Waals surface area contributed by atoms with Crippen LogP contribution in [0.5, 0.6) is 0 Å². The standard InChI is InChI=1S/C6H14FNO.C2H6/c1-6(9-3)4-8(2)5-7;1-2/h6H,4-5H2,1-3H3;1-2H3. The molecule has 2 nitrogen and oxygen atoms in total. The van der Waals surface area contributed by atoms with Crippen molar-refractivity contribution in [3.05, 3.63) is 0 Å². The third-order valence-electron chi connectivity index (χ3n) is 1.18. The minimum atomic E-state index is -0.409. The molecule has 0 aromatic heterocycles. The van der Waals surface area contributed by atoms with E-state index in [1.54, 1.807) is 19.1 Å². The van der Waals surface area contributed by atoms with E-state index >= 15 is 0 Å². The Morgan fingerprint density at radius 2 is 1.91 bits per heavy atom. The van der Waals surface area contributed by atoms with Gasteiger partial charge in [0, 0.05) is 13.7 Å².